The molecule has 1 aromatic rings. The normalized spacial score (nSPS) is 16.0. The van der Waals surface area contributed by atoms with E-state index in [9.17, 15) is 14.0 Å². The van der Waals surface area contributed by atoms with Crippen LogP contribution in [0.1, 0.15) is 6.42 Å². The van der Waals surface area contributed by atoms with Gasteiger partial charge in [0, 0.05) is 20.3 Å². The van der Waals surface area contributed by atoms with Crippen molar-refractivity contribution in [1.82, 2.24) is 4.90 Å². The predicted octanol–water partition coefficient (Wildman–Crippen LogP) is 1.78. The molecule has 130 valence electrons. The topological polar surface area (TPSA) is 120 Å². The van der Waals surface area contributed by atoms with Crippen LogP contribution in [0.15, 0.2) is 35.3 Å². The third-order valence-electron chi connectivity index (χ3n) is 2.79. The molecule has 0 spiro atoms. The Bertz CT molecular complexity index is 576. The summed E-state index contributed by atoms with van der Waals surface area (Å²) in [5.41, 5.74) is -1.93. The summed E-state index contributed by atoms with van der Waals surface area (Å²) in [5.74, 6) is 0.762. The second-order valence-electron chi connectivity index (χ2n) is 5.14. The van der Waals surface area contributed by atoms with Crippen molar-refractivity contribution in [3.8, 4) is 5.75 Å². The van der Waals surface area contributed by atoms with E-state index >= 15 is 0 Å². The Morgan fingerprint density at radius 1 is 1.26 bits per heavy atom. The average molecular weight is 364 g/mol. The van der Waals surface area contributed by atoms with Gasteiger partial charge in [-0.15, -0.1) is 0 Å². The van der Waals surface area contributed by atoms with E-state index in [0.29, 0.717) is 19.6 Å². The SMILES string of the molecule is CN(C=NC(P(C)(=O)O)P(=O)(O)O)CCCOc1ccccc1. The molecule has 3 N–H and O–H groups in total. The third kappa shape index (κ3) is 7.77. The zero-order chi connectivity index (χ0) is 17.5. The lowest BCUT2D eigenvalue weighted by Crippen LogP contribution is -2.21. The first-order chi connectivity index (χ1) is 10.6. The fraction of sp³-hybridized carbons (Fsp3) is 0.462. The van der Waals surface area contributed by atoms with Gasteiger partial charge in [0.05, 0.1) is 12.9 Å². The molecule has 8 nitrogen and oxygen atoms in total. The molecule has 0 heterocycles. The zero-order valence-corrected chi connectivity index (χ0v) is 14.8. The summed E-state index contributed by atoms with van der Waals surface area (Å²) in [5, 5.41) is 0. The van der Waals surface area contributed by atoms with Gasteiger partial charge in [0.25, 0.3) is 0 Å². The van der Waals surface area contributed by atoms with E-state index in [1.165, 1.54) is 6.34 Å². The zero-order valence-electron chi connectivity index (χ0n) is 13.0. The summed E-state index contributed by atoms with van der Waals surface area (Å²) in [7, 11) is -7.17. The number of nitrogens with zero attached hydrogens (tertiary/aromatic N) is 2. The molecule has 0 aliphatic rings. The number of ether oxygens (including phenoxy) is 1. The standard InChI is InChI=1S/C13H22N2O6P2/c1-15(9-6-10-21-12-7-4-3-5-8-12)11-14-13(22(2,16)17)23(18,19)20/h3-5,7-8,11,13H,6,9-10H2,1-2H3,(H,16,17)(H2,18,19,20). The molecule has 10 heteroatoms. The van der Waals surface area contributed by atoms with Gasteiger partial charge in [-0.3, -0.25) is 9.13 Å². The van der Waals surface area contributed by atoms with Crippen molar-refractivity contribution >= 4 is 21.3 Å². The molecular formula is C13H22N2O6P2. The number of benzene rings is 1. The smallest absolute Gasteiger partial charge is 0.359 e. The molecular weight excluding hydrogens is 342 g/mol. The van der Waals surface area contributed by atoms with E-state index in [1.54, 1.807) is 11.9 Å². The van der Waals surface area contributed by atoms with Gasteiger partial charge >= 0.3 is 7.60 Å². The van der Waals surface area contributed by atoms with Crippen LogP contribution in [0, 0.1) is 0 Å². The van der Waals surface area contributed by atoms with Gasteiger partial charge in [-0.25, -0.2) is 4.99 Å². The monoisotopic (exact) mass is 364 g/mol. The lowest BCUT2D eigenvalue weighted by Gasteiger charge is -2.19. The van der Waals surface area contributed by atoms with Gasteiger partial charge < -0.3 is 24.3 Å². The van der Waals surface area contributed by atoms with E-state index in [-0.39, 0.29) is 0 Å². The van der Waals surface area contributed by atoms with Crippen LogP contribution in [0.4, 0.5) is 0 Å². The molecule has 0 saturated carbocycles. The maximum Gasteiger partial charge on any atom is 0.359 e. The van der Waals surface area contributed by atoms with Crippen molar-refractivity contribution in [2.24, 2.45) is 4.99 Å². The van der Waals surface area contributed by atoms with Crippen molar-refractivity contribution in [2.45, 2.75) is 11.9 Å². The van der Waals surface area contributed by atoms with Crippen LogP contribution in [0.25, 0.3) is 0 Å². The molecule has 0 aromatic heterocycles. The Hall–Kier alpha value is -1.17. The number of rotatable bonds is 9. The molecule has 0 fully saturated rings. The molecule has 1 rings (SSSR count). The van der Waals surface area contributed by atoms with Crippen LogP contribution in [0.2, 0.25) is 0 Å². The van der Waals surface area contributed by atoms with Crippen LogP contribution in [0.3, 0.4) is 0 Å². The van der Waals surface area contributed by atoms with Crippen LogP contribution in [-0.2, 0) is 9.13 Å². The molecule has 2 unspecified atom stereocenters. The minimum Gasteiger partial charge on any atom is -0.494 e. The average Bonchev–Trinajstić information content (AvgIpc) is 2.42. The lowest BCUT2D eigenvalue weighted by molar-refractivity contribution is 0.296. The minimum absolute atomic E-state index is 0.469. The van der Waals surface area contributed by atoms with Gasteiger partial charge in [-0.2, -0.15) is 0 Å². The fourth-order valence-electron chi connectivity index (χ4n) is 1.74. The van der Waals surface area contributed by atoms with Crippen molar-refractivity contribution < 1.29 is 28.5 Å². The summed E-state index contributed by atoms with van der Waals surface area (Å²) in [6.07, 6.45) is 1.82. The van der Waals surface area contributed by atoms with Crippen molar-refractivity contribution in [3.63, 3.8) is 0 Å². The number of aliphatic imine (C=N–C) groups is 1. The molecule has 0 aliphatic carbocycles. The molecule has 0 amide bonds. The maximum absolute atomic E-state index is 11.5. The van der Waals surface area contributed by atoms with Crippen LogP contribution in [0.5, 0.6) is 5.75 Å². The molecule has 0 radical (unpaired) electrons. The summed E-state index contributed by atoms with van der Waals surface area (Å²) >= 11 is 0. The fourth-order valence-corrected chi connectivity index (χ4v) is 4.51. The minimum atomic E-state index is -4.79. The van der Waals surface area contributed by atoms with E-state index in [4.69, 9.17) is 14.5 Å². The van der Waals surface area contributed by atoms with Gasteiger partial charge in [-0.1, -0.05) is 18.2 Å². The van der Waals surface area contributed by atoms with Crippen LogP contribution in [-0.4, -0.2) is 58.3 Å². The highest BCUT2D eigenvalue weighted by Crippen LogP contribution is 2.60. The van der Waals surface area contributed by atoms with E-state index in [1.807, 2.05) is 30.3 Å². The Morgan fingerprint density at radius 2 is 1.87 bits per heavy atom. The Morgan fingerprint density at radius 3 is 2.39 bits per heavy atom. The first-order valence-electron chi connectivity index (χ1n) is 6.87. The molecule has 23 heavy (non-hydrogen) atoms. The summed E-state index contributed by atoms with van der Waals surface area (Å²) in [4.78, 5) is 32.7. The van der Waals surface area contributed by atoms with E-state index in [2.05, 4.69) is 4.99 Å². The first-order valence-corrected chi connectivity index (χ1v) is 10.7. The van der Waals surface area contributed by atoms with Crippen LogP contribution < -0.4 is 4.74 Å². The molecule has 1 aromatic carbocycles. The summed E-state index contributed by atoms with van der Waals surface area (Å²) in [6.45, 7) is 1.86. The quantitative estimate of drug-likeness (QED) is 0.264. The number of hydrogen-bond donors (Lipinski definition) is 3. The van der Waals surface area contributed by atoms with Gasteiger partial charge in [0.2, 0.25) is 12.9 Å². The Labute approximate surface area is 135 Å². The summed E-state index contributed by atoms with van der Waals surface area (Å²) in [6, 6.07) is 9.32. The lowest BCUT2D eigenvalue weighted by atomic mass is 10.3. The number of para-hydroxylation sites is 1. The third-order valence-corrected chi connectivity index (χ3v) is 6.71. The molecule has 0 bridgehead atoms. The highest BCUT2D eigenvalue weighted by molar-refractivity contribution is 7.73. The van der Waals surface area contributed by atoms with Gasteiger partial charge in [0.15, 0.2) is 0 Å². The van der Waals surface area contributed by atoms with Gasteiger partial charge in [-0.05, 0) is 18.6 Å². The van der Waals surface area contributed by atoms with E-state index < -0.39 is 20.5 Å². The van der Waals surface area contributed by atoms with Crippen LogP contribution >= 0.6 is 15.0 Å². The van der Waals surface area contributed by atoms with Gasteiger partial charge in [0.1, 0.15) is 5.75 Å². The molecule has 2 atom stereocenters. The first kappa shape index (κ1) is 19.9. The molecule has 0 aliphatic heterocycles. The van der Waals surface area contributed by atoms with Crippen molar-refractivity contribution in [3.05, 3.63) is 30.3 Å². The highest BCUT2D eigenvalue weighted by Gasteiger charge is 2.40. The largest absolute Gasteiger partial charge is 0.494 e. The second-order valence-corrected chi connectivity index (χ2v) is 9.59. The Kier molecular flexibility index (Phi) is 7.45. The van der Waals surface area contributed by atoms with Crippen molar-refractivity contribution in [1.29, 1.82) is 0 Å². The second kappa shape index (κ2) is 8.62. The highest BCUT2D eigenvalue weighted by atomic mass is 31.2. The Balaban J connectivity index is 2.44. The van der Waals surface area contributed by atoms with E-state index in [0.717, 1.165) is 12.4 Å². The number of hydrogen-bond acceptors (Lipinski definition) is 4. The maximum atomic E-state index is 11.5. The predicted molar refractivity (Wildman–Crippen MR) is 89.3 cm³/mol. The van der Waals surface area contributed by atoms with Crippen molar-refractivity contribution in [2.75, 3.05) is 26.9 Å². The molecule has 0 saturated heterocycles. The summed E-state index contributed by atoms with van der Waals surface area (Å²) < 4.78 is 28.2.